The third-order valence-electron chi connectivity index (χ3n) is 8.97. The molecule has 3 aliphatic rings. The average molecular weight is 690 g/mol. The number of nitrogens with zero attached hydrogens (tertiary/aromatic N) is 2. The Hall–Kier alpha value is -5.30. The lowest BCUT2D eigenvalue weighted by Crippen LogP contribution is -2.35. The van der Waals surface area contributed by atoms with E-state index in [2.05, 4.69) is 10.5 Å². The van der Waals surface area contributed by atoms with E-state index >= 15 is 0 Å². The number of amides is 1. The predicted molar refractivity (Wildman–Crippen MR) is 186 cm³/mol. The van der Waals surface area contributed by atoms with Gasteiger partial charge in [0, 0.05) is 41.7 Å². The zero-order valence-electron chi connectivity index (χ0n) is 29.2. The van der Waals surface area contributed by atoms with Crippen LogP contribution in [0, 0.1) is 0 Å². The lowest BCUT2D eigenvalue weighted by molar-refractivity contribution is 0.0470. The molecule has 13 nitrogen and oxygen atoms in total. The van der Waals surface area contributed by atoms with Gasteiger partial charge in [-0.2, -0.15) is 0 Å². The molecule has 0 saturated carbocycles. The smallest absolute Gasteiger partial charge is 0.256 e. The van der Waals surface area contributed by atoms with E-state index < -0.39 is 6.10 Å². The van der Waals surface area contributed by atoms with Crippen molar-refractivity contribution in [2.24, 2.45) is 4.99 Å². The number of ether oxygens (including phenoxy) is 8. The number of rotatable bonds is 15. The summed E-state index contributed by atoms with van der Waals surface area (Å²) in [7, 11) is 9.42. The molecular formula is C37H43N3O10. The van der Waals surface area contributed by atoms with Crippen molar-refractivity contribution in [2.45, 2.75) is 37.8 Å². The summed E-state index contributed by atoms with van der Waals surface area (Å²) in [6.45, 7) is 1.47. The molecule has 13 heteroatoms. The van der Waals surface area contributed by atoms with Crippen molar-refractivity contribution in [3.05, 3.63) is 53.7 Å². The fourth-order valence-electron chi connectivity index (χ4n) is 6.55. The van der Waals surface area contributed by atoms with Gasteiger partial charge in [0.2, 0.25) is 11.5 Å². The minimum atomic E-state index is -0.456. The Bertz CT molecular complexity index is 1780. The van der Waals surface area contributed by atoms with E-state index in [0.717, 1.165) is 24.9 Å². The van der Waals surface area contributed by atoms with Gasteiger partial charge in [0.05, 0.1) is 73.2 Å². The first-order chi connectivity index (χ1) is 24.5. The number of benzene rings is 3. The van der Waals surface area contributed by atoms with Crippen LogP contribution in [0.4, 0.5) is 5.69 Å². The number of hydroxylamine groups is 1. The minimum absolute atomic E-state index is 0.0285. The third-order valence-corrected chi connectivity index (χ3v) is 8.97. The second-order valence-electron chi connectivity index (χ2n) is 11.7. The standard InChI is InChI=1S/C37H43N3O10/c1-42-28-12-11-23(33(45-4)34(28)46-5)32-25(27-13-14-39-50-27)19-31(44-3)35(36(32)47-6)49-17-8-7-16-48-30-20-26-24(18-29(30)43-2)37(41)40-15-9-10-22(40)21-38-26/h11-14,18-22,27,39H,7-10,15-17H2,1-6H3/t22-,27?/m0/s1. The van der Waals surface area contributed by atoms with Crippen molar-refractivity contribution in [1.29, 1.82) is 0 Å². The number of nitrogens with one attached hydrogen (secondary N) is 1. The Morgan fingerprint density at radius 1 is 0.780 bits per heavy atom. The van der Waals surface area contributed by atoms with Crippen molar-refractivity contribution in [1.82, 2.24) is 10.4 Å². The third kappa shape index (κ3) is 6.52. The molecule has 6 rings (SSSR count). The molecule has 1 N–H and O–H groups in total. The summed E-state index contributed by atoms with van der Waals surface area (Å²) in [6.07, 6.45) is 8.24. The minimum Gasteiger partial charge on any atom is -0.493 e. The van der Waals surface area contributed by atoms with Gasteiger partial charge in [0.1, 0.15) is 6.10 Å². The number of methoxy groups -OCH3 is 6. The number of hydrogen-bond donors (Lipinski definition) is 1. The van der Waals surface area contributed by atoms with E-state index in [4.69, 9.17) is 42.7 Å². The van der Waals surface area contributed by atoms with Crippen LogP contribution in [0.3, 0.4) is 0 Å². The average Bonchev–Trinajstić information content (AvgIpc) is 3.85. The Balaban J connectivity index is 1.21. The molecule has 1 saturated heterocycles. The number of carbonyl (C=O) groups excluding carboxylic acids is 1. The molecule has 0 radical (unpaired) electrons. The lowest BCUT2D eigenvalue weighted by Gasteiger charge is -2.24. The van der Waals surface area contributed by atoms with E-state index in [-0.39, 0.29) is 11.9 Å². The second-order valence-corrected chi connectivity index (χ2v) is 11.7. The molecule has 1 fully saturated rings. The predicted octanol–water partition coefficient (Wildman–Crippen LogP) is 6.05. The first kappa shape index (κ1) is 34.6. The van der Waals surface area contributed by atoms with Crippen LogP contribution in [0.1, 0.15) is 47.7 Å². The van der Waals surface area contributed by atoms with Crippen LogP contribution in [0.25, 0.3) is 11.1 Å². The van der Waals surface area contributed by atoms with E-state index in [1.165, 1.54) is 0 Å². The maximum absolute atomic E-state index is 13.2. The normalized spacial score (nSPS) is 17.4. The van der Waals surface area contributed by atoms with E-state index in [1.54, 1.807) is 67.1 Å². The van der Waals surface area contributed by atoms with Gasteiger partial charge < -0.3 is 42.8 Å². The highest BCUT2D eigenvalue weighted by Gasteiger charge is 2.33. The summed E-state index contributed by atoms with van der Waals surface area (Å²) >= 11 is 0. The summed E-state index contributed by atoms with van der Waals surface area (Å²) in [5.74, 6) is 3.75. The quantitative estimate of drug-likeness (QED) is 0.187. The topological polar surface area (TPSA) is 128 Å². The highest BCUT2D eigenvalue weighted by Crippen LogP contribution is 2.54. The largest absolute Gasteiger partial charge is 0.493 e. The van der Waals surface area contributed by atoms with Crippen LogP contribution < -0.4 is 43.4 Å². The summed E-state index contributed by atoms with van der Waals surface area (Å²) in [5, 5.41) is 0. The highest BCUT2D eigenvalue weighted by molar-refractivity contribution is 6.03. The molecule has 3 aromatic carbocycles. The highest BCUT2D eigenvalue weighted by atomic mass is 16.7. The van der Waals surface area contributed by atoms with E-state index in [1.807, 2.05) is 29.3 Å². The van der Waals surface area contributed by atoms with Crippen molar-refractivity contribution in [3.63, 3.8) is 0 Å². The number of unbranched alkanes of at least 4 members (excludes halogenated alkanes) is 1. The molecule has 3 heterocycles. The summed E-state index contributed by atoms with van der Waals surface area (Å²) in [6, 6.07) is 9.09. The first-order valence-corrected chi connectivity index (χ1v) is 16.5. The van der Waals surface area contributed by atoms with E-state index in [9.17, 15) is 4.79 Å². The molecule has 266 valence electrons. The molecule has 0 bridgehead atoms. The van der Waals surface area contributed by atoms with Gasteiger partial charge in [-0.1, -0.05) is 0 Å². The Labute approximate surface area is 291 Å². The van der Waals surface area contributed by atoms with Crippen LogP contribution in [-0.2, 0) is 4.84 Å². The monoisotopic (exact) mass is 689 g/mol. The summed E-state index contributed by atoms with van der Waals surface area (Å²) < 4.78 is 47.0. The molecule has 3 aliphatic heterocycles. The fourth-order valence-corrected chi connectivity index (χ4v) is 6.55. The zero-order chi connectivity index (χ0) is 35.2. The van der Waals surface area contributed by atoms with Gasteiger partial charge in [0.25, 0.3) is 5.91 Å². The van der Waals surface area contributed by atoms with Crippen LogP contribution in [0.5, 0.6) is 46.0 Å². The zero-order valence-corrected chi connectivity index (χ0v) is 29.2. The van der Waals surface area contributed by atoms with Gasteiger partial charge >= 0.3 is 0 Å². The van der Waals surface area contributed by atoms with Crippen LogP contribution in [0.15, 0.2) is 47.6 Å². The molecule has 1 unspecified atom stereocenters. The van der Waals surface area contributed by atoms with Gasteiger partial charge in [-0.05, 0) is 56.0 Å². The van der Waals surface area contributed by atoms with Crippen molar-refractivity contribution < 1.29 is 47.5 Å². The SMILES string of the molecule is COc1cc2c(cc1OCCCCOc1c(OC)cc(C3C=CNO3)c(-c3ccc(OC)c(OC)c3OC)c1OC)N=C[C@@H]1CCCN1C2=O. The van der Waals surface area contributed by atoms with Gasteiger partial charge in [-0.3, -0.25) is 20.1 Å². The molecule has 0 aliphatic carbocycles. The van der Waals surface area contributed by atoms with Crippen LogP contribution in [-0.4, -0.2) is 85.5 Å². The molecule has 0 spiro atoms. The molecule has 1 amide bonds. The lowest BCUT2D eigenvalue weighted by atomic mass is 9.92. The van der Waals surface area contributed by atoms with Crippen molar-refractivity contribution in [3.8, 4) is 57.1 Å². The first-order valence-electron chi connectivity index (χ1n) is 16.5. The second kappa shape index (κ2) is 15.5. The number of aliphatic imine (C=N–C) groups is 1. The molecule has 3 aromatic rings. The molecule has 2 atom stereocenters. The van der Waals surface area contributed by atoms with E-state index in [0.29, 0.717) is 94.4 Å². The maximum Gasteiger partial charge on any atom is 0.256 e. The maximum atomic E-state index is 13.2. The number of carbonyl (C=O) groups is 1. The Morgan fingerprint density at radius 2 is 1.52 bits per heavy atom. The van der Waals surface area contributed by atoms with Gasteiger partial charge in [0.15, 0.2) is 34.5 Å². The summed E-state index contributed by atoms with van der Waals surface area (Å²) in [5.41, 5.74) is 6.02. The van der Waals surface area contributed by atoms with Crippen molar-refractivity contribution >= 4 is 17.8 Å². The number of fused-ring (bicyclic) bond motifs is 2. The Morgan fingerprint density at radius 3 is 2.20 bits per heavy atom. The molecule has 50 heavy (non-hydrogen) atoms. The fraction of sp³-hybridized carbons (Fsp3) is 0.405. The number of hydrogen-bond acceptors (Lipinski definition) is 12. The Kier molecular flexibility index (Phi) is 10.7. The van der Waals surface area contributed by atoms with Crippen molar-refractivity contribution in [2.75, 3.05) is 62.4 Å². The van der Waals surface area contributed by atoms with Crippen LogP contribution >= 0.6 is 0 Å². The summed E-state index contributed by atoms with van der Waals surface area (Å²) in [4.78, 5) is 25.5. The van der Waals surface area contributed by atoms with Crippen LogP contribution in [0.2, 0.25) is 0 Å². The van der Waals surface area contributed by atoms with Gasteiger partial charge in [-0.15, -0.1) is 0 Å². The molecule has 0 aromatic heterocycles. The molecular weight excluding hydrogens is 646 g/mol. The van der Waals surface area contributed by atoms with Gasteiger partial charge in [-0.25, -0.2) is 0 Å².